The molecule has 1 aliphatic heterocycles. The van der Waals surface area contributed by atoms with E-state index in [9.17, 15) is 0 Å². The molecule has 0 atom stereocenters. The van der Waals surface area contributed by atoms with Gasteiger partial charge < -0.3 is 10.2 Å². The highest BCUT2D eigenvalue weighted by molar-refractivity contribution is 7.13. The van der Waals surface area contributed by atoms with Gasteiger partial charge in [-0.15, -0.1) is 11.3 Å². The van der Waals surface area contributed by atoms with Crippen molar-refractivity contribution < 1.29 is 0 Å². The molecule has 1 N–H and O–H groups in total. The first-order valence-corrected chi connectivity index (χ1v) is 7.55. The van der Waals surface area contributed by atoms with Crippen LogP contribution in [0.5, 0.6) is 0 Å². The van der Waals surface area contributed by atoms with Crippen LogP contribution in [0.3, 0.4) is 0 Å². The van der Waals surface area contributed by atoms with Crippen LogP contribution in [0.2, 0.25) is 0 Å². The van der Waals surface area contributed by atoms with Gasteiger partial charge in [0.25, 0.3) is 0 Å². The van der Waals surface area contributed by atoms with E-state index in [1.165, 1.54) is 44.0 Å². The number of anilines is 1. The average molecular weight is 253 g/mol. The molecule has 0 spiro atoms. The number of hydrogen-bond donors (Lipinski definition) is 1. The van der Waals surface area contributed by atoms with Crippen molar-refractivity contribution in [1.29, 1.82) is 0 Å². The van der Waals surface area contributed by atoms with Crippen LogP contribution in [0.15, 0.2) is 5.38 Å². The van der Waals surface area contributed by atoms with Crippen molar-refractivity contribution in [2.75, 3.05) is 31.1 Å². The van der Waals surface area contributed by atoms with Crippen molar-refractivity contribution in [2.45, 2.75) is 33.1 Å². The zero-order valence-electron chi connectivity index (χ0n) is 10.9. The van der Waals surface area contributed by atoms with Crippen molar-refractivity contribution in [3.05, 3.63) is 11.1 Å². The summed E-state index contributed by atoms with van der Waals surface area (Å²) < 4.78 is 0. The molecule has 1 aromatic heterocycles. The van der Waals surface area contributed by atoms with Crippen LogP contribution >= 0.6 is 11.3 Å². The van der Waals surface area contributed by atoms with E-state index in [-0.39, 0.29) is 0 Å². The number of nitrogens with zero attached hydrogens (tertiary/aromatic N) is 2. The standard InChI is InChI=1S/C13H23N3S/c1-3-6-14-9-12-4-7-16(8-5-12)13-15-11(2)10-17-13/h10,12,14H,3-9H2,1-2H3. The summed E-state index contributed by atoms with van der Waals surface area (Å²) >= 11 is 1.78. The molecule has 0 saturated carbocycles. The maximum atomic E-state index is 4.56. The normalized spacial score (nSPS) is 17.6. The molecular formula is C13H23N3S. The van der Waals surface area contributed by atoms with Gasteiger partial charge in [-0.2, -0.15) is 0 Å². The number of nitrogens with one attached hydrogen (secondary N) is 1. The van der Waals surface area contributed by atoms with E-state index < -0.39 is 0 Å². The summed E-state index contributed by atoms with van der Waals surface area (Å²) in [6.07, 6.45) is 3.84. The summed E-state index contributed by atoms with van der Waals surface area (Å²) in [5.41, 5.74) is 1.15. The third-order valence-corrected chi connectivity index (χ3v) is 4.37. The molecule has 0 aromatic carbocycles. The summed E-state index contributed by atoms with van der Waals surface area (Å²) in [6, 6.07) is 0. The molecule has 4 heteroatoms. The Morgan fingerprint density at radius 1 is 1.47 bits per heavy atom. The zero-order valence-corrected chi connectivity index (χ0v) is 11.7. The van der Waals surface area contributed by atoms with Crippen LogP contribution in [0.25, 0.3) is 0 Å². The van der Waals surface area contributed by atoms with Gasteiger partial charge in [-0.3, -0.25) is 0 Å². The minimum atomic E-state index is 0.860. The van der Waals surface area contributed by atoms with Crippen LogP contribution in [-0.4, -0.2) is 31.2 Å². The van der Waals surface area contributed by atoms with Gasteiger partial charge in [0.15, 0.2) is 5.13 Å². The molecule has 1 aliphatic rings. The predicted molar refractivity (Wildman–Crippen MR) is 74.9 cm³/mol. The molecule has 1 saturated heterocycles. The molecule has 0 radical (unpaired) electrons. The lowest BCUT2D eigenvalue weighted by Gasteiger charge is -2.31. The number of aryl methyl sites for hydroxylation is 1. The van der Waals surface area contributed by atoms with Crippen molar-refractivity contribution in [1.82, 2.24) is 10.3 Å². The van der Waals surface area contributed by atoms with E-state index in [1.54, 1.807) is 11.3 Å². The van der Waals surface area contributed by atoms with Gasteiger partial charge in [0, 0.05) is 18.5 Å². The minimum absolute atomic E-state index is 0.860. The SMILES string of the molecule is CCCNCC1CCN(c2nc(C)cs2)CC1. The number of piperidine rings is 1. The second kappa shape index (κ2) is 6.36. The van der Waals surface area contributed by atoms with Crippen molar-refractivity contribution in [2.24, 2.45) is 5.92 Å². The Kier molecular flexibility index (Phi) is 4.80. The smallest absolute Gasteiger partial charge is 0.185 e. The maximum Gasteiger partial charge on any atom is 0.185 e. The fraction of sp³-hybridized carbons (Fsp3) is 0.769. The molecule has 1 fully saturated rings. The molecule has 17 heavy (non-hydrogen) atoms. The first-order valence-electron chi connectivity index (χ1n) is 6.67. The highest BCUT2D eigenvalue weighted by Gasteiger charge is 2.20. The van der Waals surface area contributed by atoms with Crippen molar-refractivity contribution in [3.8, 4) is 0 Å². The first kappa shape index (κ1) is 12.8. The summed E-state index contributed by atoms with van der Waals surface area (Å²) in [5.74, 6) is 0.860. The van der Waals surface area contributed by atoms with Crippen LogP contribution in [0.1, 0.15) is 31.9 Å². The summed E-state index contributed by atoms with van der Waals surface area (Å²) in [6.45, 7) is 8.99. The lowest BCUT2D eigenvalue weighted by molar-refractivity contribution is 0.383. The van der Waals surface area contributed by atoms with E-state index in [4.69, 9.17) is 0 Å². The summed E-state index contributed by atoms with van der Waals surface area (Å²) in [5, 5.41) is 6.89. The topological polar surface area (TPSA) is 28.2 Å². The molecule has 2 rings (SSSR count). The van der Waals surface area contributed by atoms with E-state index in [0.29, 0.717) is 0 Å². The average Bonchev–Trinajstić information content (AvgIpc) is 2.77. The van der Waals surface area contributed by atoms with Gasteiger partial charge in [0.05, 0.1) is 5.69 Å². The minimum Gasteiger partial charge on any atom is -0.348 e. The number of hydrogen-bond acceptors (Lipinski definition) is 4. The van der Waals surface area contributed by atoms with Crippen molar-refractivity contribution >= 4 is 16.5 Å². The fourth-order valence-corrected chi connectivity index (χ4v) is 3.16. The molecule has 0 bridgehead atoms. The second-order valence-electron chi connectivity index (χ2n) is 4.91. The molecule has 2 heterocycles. The van der Waals surface area contributed by atoms with Gasteiger partial charge in [-0.05, 0) is 45.2 Å². The molecule has 96 valence electrons. The van der Waals surface area contributed by atoms with E-state index in [2.05, 4.69) is 34.4 Å². The Morgan fingerprint density at radius 2 is 2.24 bits per heavy atom. The zero-order chi connectivity index (χ0) is 12.1. The third kappa shape index (κ3) is 3.68. The third-order valence-electron chi connectivity index (χ3n) is 3.35. The van der Waals surface area contributed by atoms with Crippen LogP contribution in [0, 0.1) is 12.8 Å². The van der Waals surface area contributed by atoms with Gasteiger partial charge in [-0.1, -0.05) is 6.92 Å². The highest BCUT2D eigenvalue weighted by Crippen LogP contribution is 2.25. The lowest BCUT2D eigenvalue weighted by Crippen LogP contribution is -2.37. The highest BCUT2D eigenvalue weighted by atomic mass is 32.1. The number of rotatable bonds is 5. The molecular weight excluding hydrogens is 230 g/mol. The maximum absolute atomic E-state index is 4.56. The molecule has 1 aromatic rings. The Balaban J connectivity index is 1.74. The molecule has 3 nitrogen and oxygen atoms in total. The van der Waals surface area contributed by atoms with E-state index in [0.717, 1.165) is 18.2 Å². The fourth-order valence-electron chi connectivity index (χ4n) is 2.30. The second-order valence-corrected chi connectivity index (χ2v) is 5.74. The van der Waals surface area contributed by atoms with Gasteiger partial charge >= 0.3 is 0 Å². The number of aromatic nitrogens is 1. The quantitative estimate of drug-likeness (QED) is 0.818. The molecule has 0 unspecified atom stereocenters. The Labute approximate surface area is 108 Å². The van der Waals surface area contributed by atoms with Crippen LogP contribution in [0.4, 0.5) is 5.13 Å². The van der Waals surface area contributed by atoms with Gasteiger partial charge in [0.2, 0.25) is 0 Å². The summed E-state index contributed by atoms with van der Waals surface area (Å²) in [7, 11) is 0. The first-order chi connectivity index (χ1) is 8.29. The van der Waals surface area contributed by atoms with Crippen LogP contribution in [-0.2, 0) is 0 Å². The van der Waals surface area contributed by atoms with Gasteiger partial charge in [0.1, 0.15) is 0 Å². The summed E-state index contributed by atoms with van der Waals surface area (Å²) in [4.78, 5) is 7.00. The lowest BCUT2D eigenvalue weighted by atomic mass is 9.97. The molecule has 0 amide bonds. The Bertz CT molecular complexity index is 329. The Morgan fingerprint density at radius 3 is 2.82 bits per heavy atom. The predicted octanol–water partition coefficient (Wildman–Crippen LogP) is 2.67. The van der Waals surface area contributed by atoms with Crippen LogP contribution < -0.4 is 10.2 Å². The van der Waals surface area contributed by atoms with E-state index in [1.807, 2.05) is 0 Å². The largest absolute Gasteiger partial charge is 0.348 e. The molecule has 0 aliphatic carbocycles. The number of thiazole rings is 1. The van der Waals surface area contributed by atoms with E-state index >= 15 is 0 Å². The Hall–Kier alpha value is -0.610. The monoisotopic (exact) mass is 253 g/mol. The van der Waals surface area contributed by atoms with Crippen molar-refractivity contribution in [3.63, 3.8) is 0 Å². The van der Waals surface area contributed by atoms with Gasteiger partial charge in [-0.25, -0.2) is 4.98 Å².